The monoisotopic (exact) mass is 296 g/mol. The number of nitrogens with zero attached hydrogens (tertiary/aromatic N) is 3. The van der Waals surface area contributed by atoms with Crippen molar-refractivity contribution in [3.63, 3.8) is 0 Å². The fourth-order valence-corrected chi connectivity index (χ4v) is 2.56. The number of carbonyl (C=O) groups is 1. The number of fused-ring (bicyclic) bond motifs is 1. The largest absolute Gasteiger partial charge is 0.466 e. The Balaban J connectivity index is 1.92. The molecular formula is C12H16N4O3S. The Morgan fingerprint density at radius 1 is 1.55 bits per heavy atom. The highest BCUT2D eigenvalue weighted by atomic mass is 32.1. The lowest BCUT2D eigenvalue weighted by molar-refractivity contribution is -0.142. The van der Waals surface area contributed by atoms with Crippen molar-refractivity contribution in [1.82, 2.24) is 19.9 Å². The van der Waals surface area contributed by atoms with E-state index in [1.807, 2.05) is 0 Å². The van der Waals surface area contributed by atoms with Gasteiger partial charge in [-0.15, -0.1) is 0 Å². The SMILES string of the molecule is CCOC(=O)CCNCc1nn2c(=O)cc(C)nc2s1. The summed E-state index contributed by atoms with van der Waals surface area (Å²) in [5.74, 6) is -0.224. The van der Waals surface area contributed by atoms with Gasteiger partial charge in [-0.1, -0.05) is 11.3 Å². The summed E-state index contributed by atoms with van der Waals surface area (Å²) < 4.78 is 6.12. The maximum Gasteiger partial charge on any atom is 0.307 e. The van der Waals surface area contributed by atoms with Gasteiger partial charge in [0.05, 0.1) is 13.0 Å². The van der Waals surface area contributed by atoms with Crippen LogP contribution in [0, 0.1) is 6.92 Å². The van der Waals surface area contributed by atoms with E-state index in [0.717, 1.165) is 5.01 Å². The standard InChI is InChI=1S/C12H16N4O3S/c1-3-19-11(18)4-5-13-7-9-15-16-10(17)6-8(2)14-12(16)20-9/h6,13H,3-5,7H2,1-2H3. The Hall–Kier alpha value is -1.80. The predicted molar refractivity (Wildman–Crippen MR) is 74.8 cm³/mol. The van der Waals surface area contributed by atoms with Crippen LogP contribution in [0.15, 0.2) is 10.9 Å². The minimum Gasteiger partial charge on any atom is -0.466 e. The van der Waals surface area contributed by atoms with Gasteiger partial charge in [0.15, 0.2) is 0 Å². The van der Waals surface area contributed by atoms with Crippen molar-refractivity contribution in [2.24, 2.45) is 0 Å². The van der Waals surface area contributed by atoms with Crippen molar-refractivity contribution in [3.05, 3.63) is 27.1 Å². The maximum absolute atomic E-state index is 11.7. The summed E-state index contributed by atoms with van der Waals surface area (Å²) in [4.78, 5) is 27.7. The number of aromatic nitrogens is 3. The molecule has 0 unspecified atom stereocenters. The zero-order valence-electron chi connectivity index (χ0n) is 11.4. The first-order valence-corrected chi connectivity index (χ1v) is 7.14. The quantitative estimate of drug-likeness (QED) is 0.617. The van der Waals surface area contributed by atoms with Gasteiger partial charge in [0.1, 0.15) is 5.01 Å². The molecule has 108 valence electrons. The number of carbonyl (C=O) groups excluding carboxylic acids is 1. The van der Waals surface area contributed by atoms with Crippen LogP contribution in [0.5, 0.6) is 0 Å². The van der Waals surface area contributed by atoms with Gasteiger partial charge in [-0.05, 0) is 13.8 Å². The number of hydrogen-bond donors (Lipinski definition) is 1. The van der Waals surface area contributed by atoms with Crippen LogP contribution in [0.2, 0.25) is 0 Å². The molecule has 0 bridgehead atoms. The number of aryl methyl sites for hydroxylation is 1. The molecule has 2 aromatic heterocycles. The molecule has 0 saturated heterocycles. The first-order valence-electron chi connectivity index (χ1n) is 6.33. The summed E-state index contributed by atoms with van der Waals surface area (Å²) >= 11 is 1.36. The zero-order valence-corrected chi connectivity index (χ0v) is 12.2. The van der Waals surface area contributed by atoms with Gasteiger partial charge >= 0.3 is 5.97 Å². The lowest BCUT2D eigenvalue weighted by Crippen LogP contribution is -2.19. The molecular weight excluding hydrogens is 280 g/mol. The minimum absolute atomic E-state index is 0.179. The number of ether oxygens (including phenoxy) is 1. The van der Waals surface area contributed by atoms with Crippen molar-refractivity contribution in [3.8, 4) is 0 Å². The van der Waals surface area contributed by atoms with Crippen LogP contribution >= 0.6 is 11.3 Å². The number of nitrogens with one attached hydrogen (secondary N) is 1. The average Bonchev–Trinajstić information content (AvgIpc) is 2.78. The summed E-state index contributed by atoms with van der Waals surface area (Å²) in [6, 6.07) is 1.45. The molecule has 0 aliphatic rings. The van der Waals surface area contributed by atoms with Gasteiger partial charge in [0.2, 0.25) is 4.96 Å². The third-order valence-corrected chi connectivity index (χ3v) is 3.41. The molecule has 8 heteroatoms. The molecule has 2 rings (SSSR count). The Bertz CT molecular complexity index is 664. The topological polar surface area (TPSA) is 85.6 Å². The smallest absolute Gasteiger partial charge is 0.307 e. The van der Waals surface area contributed by atoms with Crippen molar-refractivity contribution < 1.29 is 9.53 Å². The molecule has 0 aromatic carbocycles. The fourth-order valence-electron chi connectivity index (χ4n) is 1.65. The van der Waals surface area contributed by atoms with Gasteiger partial charge in [-0.25, -0.2) is 4.98 Å². The molecule has 0 fully saturated rings. The normalized spacial score (nSPS) is 10.9. The van der Waals surface area contributed by atoms with Crippen LogP contribution in [0.4, 0.5) is 0 Å². The minimum atomic E-state index is -0.224. The second-order valence-corrected chi connectivity index (χ2v) is 5.20. The van der Waals surface area contributed by atoms with Crippen LogP contribution < -0.4 is 10.9 Å². The molecule has 0 amide bonds. The third kappa shape index (κ3) is 3.61. The van der Waals surface area contributed by atoms with Crippen LogP contribution in [0.3, 0.4) is 0 Å². The van der Waals surface area contributed by atoms with E-state index in [-0.39, 0.29) is 11.5 Å². The van der Waals surface area contributed by atoms with Gasteiger partial charge in [0.25, 0.3) is 5.56 Å². The van der Waals surface area contributed by atoms with Gasteiger partial charge in [-0.3, -0.25) is 9.59 Å². The van der Waals surface area contributed by atoms with E-state index in [0.29, 0.717) is 36.8 Å². The molecule has 1 N–H and O–H groups in total. The van der Waals surface area contributed by atoms with Gasteiger partial charge < -0.3 is 10.1 Å². The molecule has 0 atom stereocenters. The Morgan fingerprint density at radius 3 is 3.10 bits per heavy atom. The Kier molecular flexibility index (Phi) is 4.80. The first-order chi connectivity index (χ1) is 9.60. The van der Waals surface area contributed by atoms with E-state index in [4.69, 9.17) is 4.74 Å². The second-order valence-electron chi connectivity index (χ2n) is 4.16. The van der Waals surface area contributed by atoms with E-state index < -0.39 is 0 Å². The van der Waals surface area contributed by atoms with E-state index >= 15 is 0 Å². The summed E-state index contributed by atoms with van der Waals surface area (Å²) in [6.07, 6.45) is 0.316. The summed E-state index contributed by atoms with van der Waals surface area (Å²) in [5.41, 5.74) is 0.502. The molecule has 0 radical (unpaired) electrons. The third-order valence-electron chi connectivity index (χ3n) is 2.50. The second kappa shape index (κ2) is 6.58. The van der Waals surface area contributed by atoms with E-state index in [1.54, 1.807) is 13.8 Å². The highest BCUT2D eigenvalue weighted by Gasteiger charge is 2.07. The first kappa shape index (κ1) is 14.6. The number of hydrogen-bond acceptors (Lipinski definition) is 7. The molecule has 0 aliphatic heterocycles. The van der Waals surface area contributed by atoms with Crippen LogP contribution in [0.25, 0.3) is 4.96 Å². The Morgan fingerprint density at radius 2 is 2.35 bits per heavy atom. The lowest BCUT2D eigenvalue weighted by atomic mass is 10.4. The summed E-state index contributed by atoms with van der Waals surface area (Å²) in [5, 5.41) is 8.03. The van der Waals surface area contributed by atoms with Crippen LogP contribution in [-0.4, -0.2) is 33.7 Å². The van der Waals surface area contributed by atoms with Crippen molar-refractivity contribution in [2.45, 2.75) is 26.8 Å². The highest BCUT2D eigenvalue weighted by Crippen LogP contribution is 2.10. The predicted octanol–water partition coefficient (Wildman–Crippen LogP) is 0.502. The zero-order chi connectivity index (χ0) is 14.5. The van der Waals surface area contributed by atoms with E-state index in [2.05, 4.69) is 15.4 Å². The summed E-state index contributed by atoms with van der Waals surface area (Å²) in [7, 11) is 0. The number of rotatable bonds is 6. The maximum atomic E-state index is 11.7. The summed E-state index contributed by atoms with van der Waals surface area (Å²) in [6.45, 7) is 4.95. The molecule has 0 aliphatic carbocycles. The highest BCUT2D eigenvalue weighted by molar-refractivity contribution is 7.16. The lowest BCUT2D eigenvalue weighted by Gasteiger charge is -2.02. The van der Waals surface area contributed by atoms with E-state index in [9.17, 15) is 9.59 Å². The van der Waals surface area contributed by atoms with Crippen molar-refractivity contribution in [2.75, 3.05) is 13.2 Å². The Labute approximate surface area is 119 Å². The van der Waals surface area contributed by atoms with Crippen LogP contribution in [0.1, 0.15) is 24.0 Å². The molecule has 2 aromatic rings. The molecule has 2 heterocycles. The van der Waals surface area contributed by atoms with Gasteiger partial charge in [-0.2, -0.15) is 9.61 Å². The fraction of sp³-hybridized carbons (Fsp3) is 0.500. The number of esters is 1. The van der Waals surface area contributed by atoms with Crippen molar-refractivity contribution in [1.29, 1.82) is 0 Å². The average molecular weight is 296 g/mol. The molecule has 0 saturated carbocycles. The van der Waals surface area contributed by atoms with E-state index in [1.165, 1.54) is 21.9 Å². The van der Waals surface area contributed by atoms with Gasteiger partial charge in [0, 0.05) is 24.8 Å². The molecule has 0 spiro atoms. The molecule has 20 heavy (non-hydrogen) atoms. The molecule has 7 nitrogen and oxygen atoms in total. The van der Waals surface area contributed by atoms with Crippen LogP contribution in [-0.2, 0) is 16.1 Å². The van der Waals surface area contributed by atoms with Crippen molar-refractivity contribution >= 4 is 22.3 Å².